The predicted octanol–water partition coefficient (Wildman–Crippen LogP) is 3.87. The summed E-state index contributed by atoms with van der Waals surface area (Å²) in [6, 6.07) is 11.8. The molecule has 2 aromatic rings. The Morgan fingerprint density at radius 3 is 2.42 bits per heavy atom. The van der Waals surface area contributed by atoms with Crippen LogP contribution < -0.4 is 15.5 Å². The first kappa shape index (κ1) is 19.8. The number of carbonyl (C=O) groups is 2. The third kappa shape index (κ3) is 6.38. The summed E-state index contributed by atoms with van der Waals surface area (Å²) < 4.78 is 5.04. The molecule has 0 atom stereocenters. The summed E-state index contributed by atoms with van der Waals surface area (Å²) in [7, 11) is 1.57. The van der Waals surface area contributed by atoms with Crippen LogP contribution in [0, 0.1) is 0 Å². The Bertz CT molecular complexity index is 808. The molecule has 26 heavy (non-hydrogen) atoms. The van der Waals surface area contributed by atoms with Crippen LogP contribution in [0.15, 0.2) is 47.6 Å². The highest BCUT2D eigenvalue weighted by Crippen LogP contribution is 2.19. The second-order valence-corrected chi connectivity index (χ2v) is 6.08. The van der Waals surface area contributed by atoms with Crippen LogP contribution >= 0.6 is 23.2 Å². The number of benzene rings is 2. The topological polar surface area (TPSA) is 79.8 Å². The van der Waals surface area contributed by atoms with Crippen LogP contribution in [0.4, 0.5) is 5.69 Å². The normalized spacial score (nSPS) is 10.6. The number of nitrogens with zero attached hydrogens (tertiary/aromatic N) is 1. The van der Waals surface area contributed by atoms with Gasteiger partial charge in [0.2, 0.25) is 11.8 Å². The quantitative estimate of drug-likeness (QED) is 0.553. The standard InChI is InChI=1S/C18H17Cl2N3O3/c1-26-15-6-4-14(5-7-15)22-17(24)8-9-18(25)23-21-11-12-2-3-13(19)10-16(12)20/h2-7,10-11H,8-9H2,1H3,(H,22,24)(H,23,25)/b21-11+. The number of hydrazone groups is 1. The number of anilines is 1. The number of carbonyl (C=O) groups excluding carboxylic acids is 2. The smallest absolute Gasteiger partial charge is 0.240 e. The van der Waals surface area contributed by atoms with E-state index in [9.17, 15) is 9.59 Å². The molecule has 0 fully saturated rings. The second kappa shape index (κ2) is 9.79. The molecule has 2 aromatic carbocycles. The van der Waals surface area contributed by atoms with E-state index in [1.54, 1.807) is 49.6 Å². The molecule has 2 rings (SSSR count). The molecule has 0 aliphatic heterocycles. The zero-order valence-electron chi connectivity index (χ0n) is 14.0. The van der Waals surface area contributed by atoms with Gasteiger partial charge in [-0.2, -0.15) is 5.10 Å². The fourth-order valence-electron chi connectivity index (χ4n) is 1.96. The lowest BCUT2D eigenvalue weighted by Gasteiger charge is -2.06. The lowest BCUT2D eigenvalue weighted by Crippen LogP contribution is -2.20. The molecule has 0 saturated carbocycles. The molecule has 8 heteroatoms. The molecule has 0 spiro atoms. The maximum Gasteiger partial charge on any atom is 0.240 e. The molecule has 0 radical (unpaired) electrons. The molecule has 0 heterocycles. The van der Waals surface area contributed by atoms with Gasteiger partial charge in [-0.3, -0.25) is 9.59 Å². The van der Waals surface area contributed by atoms with Gasteiger partial charge >= 0.3 is 0 Å². The zero-order chi connectivity index (χ0) is 18.9. The number of methoxy groups -OCH3 is 1. The molecule has 136 valence electrons. The molecule has 0 unspecified atom stereocenters. The number of ether oxygens (including phenoxy) is 1. The molecule has 0 aliphatic carbocycles. The van der Waals surface area contributed by atoms with E-state index in [0.29, 0.717) is 27.0 Å². The van der Waals surface area contributed by atoms with Gasteiger partial charge in [-0.15, -0.1) is 0 Å². The Labute approximate surface area is 161 Å². The summed E-state index contributed by atoms with van der Waals surface area (Å²) in [5.74, 6) is 0.0484. The van der Waals surface area contributed by atoms with Gasteiger partial charge < -0.3 is 10.1 Å². The largest absolute Gasteiger partial charge is 0.497 e. The van der Waals surface area contributed by atoms with Gasteiger partial charge in [0.1, 0.15) is 5.75 Å². The summed E-state index contributed by atoms with van der Waals surface area (Å²) in [6.07, 6.45) is 1.46. The number of hydrogen-bond acceptors (Lipinski definition) is 4. The van der Waals surface area contributed by atoms with Crippen molar-refractivity contribution in [2.45, 2.75) is 12.8 Å². The highest BCUT2D eigenvalue weighted by atomic mass is 35.5. The third-order valence-corrected chi connectivity index (χ3v) is 3.87. The van der Waals surface area contributed by atoms with Crippen molar-refractivity contribution in [3.05, 3.63) is 58.1 Å². The minimum atomic E-state index is -0.379. The molecule has 0 aliphatic rings. The van der Waals surface area contributed by atoms with Crippen molar-refractivity contribution in [1.29, 1.82) is 0 Å². The van der Waals surface area contributed by atoms with Crippen molar-refractivity contribution in [2.75, 3.05) is 12.4 Å². The van der Waals surface area contributed by atoms with Crippen LogP contribution in [-0.2, 0) is 9.59 Å². The maximum atomic E-state index is 11.9. The zero-order valence-corrected chi connectivity index (χ0v) is 15.5. The predicted molar refractivity (Wildman–Crippen MR) is 103 cm³/mol. The van der Waals surface area contributed by atoms with Crippen LogP contribution in [0.2, 0.25) is 10.0 Å². The van der Waals surface area contributed by atoms with E-state index in [1.165, 1.54) is 6.21 Å². The van der Waals surface area contributed by atoms with Crippen molar-refractivity contribution in [3.63, 3.8) is 0 Å². The Balaban J connectivity index is 1.75. The first-order chi connectivity index (χ1) is 12.5. The molecule has 0 aromatic heterocycles. The van der Waals surface area contributed by atoms with Crippen LogP contribution in [0.3, 0.4) is 0 Å². The van der Waals surface area contributed by atoms with Crippen molar-refractivity contribution < 1.29 is 14.3 Å². The molecular formula is C18H17Cl2N3O3. The lowest BCUT2D eigenvalue weighted by atomic mass is 10.2. The maximum absolute atomic E-state index is 11.9. The Hall–Kier alpha value is -2.57. The highest BCUT2D eigenvalue weighted by Gasteiger charge is 2.07. The van der Waals surface area contributed by atoms with Gasteiger partial charge in [-0.1, -0.05) is 29.3 Å². The molecule has 0 bridgehead atoms. The minimum Gasteiger partial charge on any atom is -0.497 e. The number of hydrogen-bond donors (Lipinski definition) is 2. The van der Waals surface area contributed by atoms with Gasteiger partial charge in [-0.25, -0.2) is 5.43 Å². The van der Waals surface area contributed by atoms with Gasteiger partial charge in [-0.05, 0) is 36.4 Å². The average Bonchev–Trinajstić information content (AvgIpc) is 2.62. The van der Waals surface area contributed by atoms with Crippen LogP contribution in [0.25, 0.3) is 0 Å². The third-order valence-electron chi connectivity index (χ3n) is 3.31. The Kier molecular flexibility index (Phi) is 7.44. The van der Waals surface area contributed by atoms with Gasteiger partial charge in [0.25, 0.3) is 0 Å². The minimum absolute atomic E-state index is 0.00762. The first-order valence-electron chi connectivity index (χ1n) is 7.69. The van der Waals surface area contributed by atoms with Gasteiger partial charge in [0, 0.05) is 29.1 Å². The van der Waals surface area contributed by atoms with E-state index in [1.807, 2.05) is 0 Å². The Morgan fingerprint density at radius 1 is 1.08 bits per heavy atom. The molecule has 6 nitrogen and oxygen atoms in total. The van der Waals surface area contributed by atoms with Gasteiger partial charge in [0.05, 0.1) is 18.3 Å². The number of amides is 2. The van der Waals surface area contributed by atoms with Gasteiger partial charge in [0.15, 0.2) is 0 Å². The summed E-state index contributed by atoms with van der Waals surface area (Å²) in [5, 5.41) is 7.45. The first-order valence-corrected chi connectivity index (χ1v) is 8.44. The van der Waals surface area contributed by atoms with E-state index in [-0.39, 0.29) is 24.7 Å². The van der Waals surface area contributed by atoms with Crippen LogP contribution in [0.5, 0.6) is 5.75 Å². The van der Waals surface area contributed by atoms with Crippen molar-refractivity contribution in [1.82, 2.24) is 5.43 Å². The van der Waals surface area contributed by atoms with Crippen LogP contribution in [0.1, 0.15) is 18.4 Å². The van der Waals surface area contributed by atoms with Crippen LogP contribution in [-0.4, -0.2) is 25.1 Å². The number of rotatable bonds is 7. The monoisotopic (exact) mass is 393 g/mol. The fraction of sp³-hybridized carbons (Fsp3) is 0.167. The van der Waals surface area contributed by atoms with E-state index in [2.05, 4.69) is 15.8 Å². The summed E-state index contributed by atoms with van der Waals surface area (Å²) in [6.45, 7) is 0. The van der Waals surface area contributed by atoms with E-state index in [0.717, 1.165) is 0 Å². The second-order valence-electron chi connectivity index (χ2n) is 5.24. The van der Waals surface area contributed by atoms with E-state index in [4.69, 9.17) is 27.9 Å². The molecule has 2 amide bonds. The Morgan fingerprint density at radius 2 is 1.77 bits per heavy atom. The molecule has 2 N–H and O–H groups in total. The highest BCUT2D eigenvalue weighted by molar-refractivity contribution is 6.36. The lowest BCUT2D eigenvalue weighted by molar-refractivity contribution is -0.124. The average molecular weight is 394 g/mol. The van der Waals surface area contributed by atoms with E-state index >= 15 is 0 Å². The fourth-order valence-corrected chi connectivity index (χ4v) is 2.42. The van der Waals surface area contributed by atoms with Crippen molar-refractivity contribution in [3.8, 4) is 5.75 Å². The number of halogens is 2. The number of nitrogens with one attached hydrogen (secondary N) is 2. The summed E-state index contributed by atoms with van der Waals surface area (Å²) in [5.41, 5.74) is 3.60. The molecule has 0 saturated heterocycles. The molecular weight excluding hydrogens is 377 g/mol. The SMILES string of the molecule is COc1ccc(NC(=O)CCC(=O)N/N=C/c2ccc(Cl)cc2Cl)cc1. The van der Waals surface area contributed by atoms with Crippen molar-refractivity contribution >= 4 is 46.9 Å². The van der Waals surface area contributed by atoms with Crippen molar-refractivity contribution in [2.24, 2.45) is 5.10 Å². The van der Waals surface area contributed by atoms with E-state index < -0.39 is 0 Å². The summed E-state index contributed by atoms with van der Waals surface area (Å²) >= 11 is 11.8. The summed E-state index contributed by atoms with van der Waals surface area (Å²) in [4.78, 5) is 23.6.